The van der Waals surface area contributed by atoms with Crippen LogP contribution in [0.5, 0.6) is 0 Å². The summed E-state index contributed by atoms with van der Waals surface area (Å²) in [6.07, 6.45) is 1.90. The van der Waals surface area contributed by atoms with Gasteiger partial charge >= 0.3 is 6.18 Å². The average Bonchev–Trinajstić information content (AvgIpc) is 3.62. The maximum absolute atomic E-state index is 12.8. The molecule has 1 amide bonds. The Labute approximate surface area is 210 Å². The lowest BCUT2D eigenvalue weighted by Gasteiger charge is -2.40. The zero-order valence-electron chi connectivity index (χ0n) is 20.8. The van der Waals surface area contributed by atoms with Crippen LogP contribution in [0.15, 0.2) is 41.0 Å². The maximum atomic E-state index is 12.8. The Balaban J connectivity index is 1.68. The quantitative estimate of drug-likeness (QED) is 0.252. The van der Waals surface area contributed by atoms with Crippen LogP contribution in [-0.2, 0) is 11.0 Å². The van der Waals surface area contributed by atoms with E-state index in [0.29, 0.717) is 12.0 Å². The molecule has 0 radical (unpaired) electrons. The van der Waals surface area contributed by atoms with Crippen molar-refractivity contribution >= 4 is 17.4 Å². The molecule has 10 heteroatoms. The van der Waals surface area contributed by atoms with Gasteiger partial charge < -0.3 is 16.8 Å². The lowest BCUT2D eigenvalue weighted by Crippen LogP contribution is -2.47. The van der Waals surface area contributed by atoms with Crippen LogP contribution in [-0.4, -0.2) is 41.8 Å². The number of benzene rings is 1. The van der Waals surface area contributed by atoms with Crippen LogP contribution in [0, 0.1) is 29.1 Å². The van der Waals surface area contributed by atoms with Crippen LogP contribution in [0.4, 0.5) is 18.9 Å². The van der Waals surface area contributed by atoms with Crippen molar-refractivity contribution < 1.29 is 18.0 Å². The number of hydrogen-bond acceptors (Lipinski definition) is 5. The molecule has 7 nitrogen and oxygen atoms in total. The summed E-state index contributed by atoms with van der Waals surface area (Å²) >= 11 is 0. The highest BCUT2D eigenvalue weighted by molar-refractivity contribution is 6.20. The van der Waals surface area contributed by atoms with Crippen molar-refractivity contribution in [2.75, 3.05) is 13.1 Å². The lowest BCUT2D eigenvalue weighted by molar-refractivity contribution is -0.137. The molecule has 3 atom stereocenters. The minimum atomic E-state index is -4.46. The third-order valence-electron chi connectivity index (χ3n) is 6.72. The van der Waals surface area contributed by atoms with Gasteiger partial charge in [-0.2, -0.15) is 18.4 Å². The molecule has 1 aromatic rings. The Hall–Kier alpha value is -3.06. The third kappa shape index (κ3) is 7.72. The first kappa shape index (κ1) is 27.5. The topological polar surface area (TPSA) is 121 Å². The Morgan fingerprint density at radius 2 is 1.89 bits per heavy atom. The van der Waals surface area contributed by atoms with Gasteiger partial charge in [0, 0.05) is 31.4 Å². The second-order valence-electron chi connectivity index (χ2n) is 10.2. The minimum absolute atomic E-state index is 0.0936. The van der Waals surface area contributed by atoms with E-state index in [0.717, 1.165) is 50.4 Å². The predicted molar refractivity (Wildman–Crippen MR) is 133 cm³/mol. The highest BCUT2D eigenvalue weighted by atomic mass is 19.4. The molecule has 0 bridgehead atoms. The molecule has 1 unspecified atom stereocenters. The summed E-state index contributed by atoms with van der Waals surface area (Å²) in [7, 11) is 0. The summed E-state index contributed by atoms with van der Waals surface area (Å²) in [5, 5.41) is 13.0. The van der Waals surface area contributed by atoms with Crippen LogP contribution in [0.3, 0.4) is 0 Å². The number of nitriles is 1. The van der Waals surface area contributed by atoms with E-state index in [-0.39, 0.29) is 29.1 Å². The molecule has 2 fully saturated rings. The number of nitrogens with one attached hydrogen (secondary N) is 1. The number of nitrogens with two attached hydrogens (primary N) is 2. The normalized spacial score (nSPS) is 23.6. The van der Waals surface area contributed by atoms with Gasteiger partial charge in [-0.1, -0.05) is 13.8 Å². The van der Waals surface area contributed by atoms with E-state index >= 15 is 0 Å². The summed E-state index contributed by atoms with van der Waals surface area (Å²) in [6, 6.07) is 6.69. The van der Waals surface area contributed by atoms with Crippen molar-refractivity contribution in [3.63, 3.8) is 0 Å². The molecule has 0 aromatic heterocycles. The van der Waals surface area contributed by atoms with E-state index in [1.807, 2.05) is 0 Å². The van der Waals surface area contributed by atoms with Gasteiger partial charge in [-0.05, 0) is 68.2 Å². The van der Waals surface area contributed by atoms with Gasteiger partial charge in [-0.15, -0.1) is 0 Å². The van der Waals surface area contributed by atoms with Crippen LogP contribution >= 0.6 is 0 Å². The van der Waals surface area contributed by atoms with Crippen LogP contribution in [0.1, 0.15) is 51.5 Å². The minimum Gasteiger partial charge on any atom is -0.386 e. The number of carbonyl (C=O) groups excluding carboxylic acids is 1. The van der Waals surface area contributed by atoms with E-state index in [9.17, 15) is 23.2 Å². The number of primary amides is 1. The van der Waals surface area contributed by atoms with Gasteiger partial charge in [0.05, 0.1) is 28.8 Å². The molecule has 2 aliphatic carbocycles. The number of hydrogen-bond donors (Lipinski definition) is 3. The highest BCUT2D eigenvalue weighted by Gasteiger charge is 2.35. The lowest BCUT2D eigenvalue weighted by atomic mass is 9.81. The first-order chi connectivity index (χ1) is 17.0. The highest BCUT2D eigenvalue weighted by Crippen LogP contribution is 2.34. The number of halogens is 3. The molecule has 0 heterocycles. The summed E-state index contributed by atoms with van der Waals surface area (Å²) in [4.78, 5) is 18.6. The second kappa shape index (κ2) is 11.8. The summed E-state index contributed by atoms with van der Waals surface area (Å²) in [6.45, 7) is 6.52. The summed E-state index contributed by atoms with van der Waals surface area (Å²) < 4.78 is 38.3. The van der Waals surface area contributed by atoms with Gasteiger partial charge in [0.25, 0.3) is 5.91 Å². The zero-order chi connectivity index (χ0) is 26.5. The molecular weight excluding hydrogens is 469 g/mol. The Bertz CT molecular complexity index is 1000. The average molecular weight is 505 g/mol. The van der Waals surface area contributed by atoms with Crippen molar-refractivity contribution in [3.05, 3.63) is 41.6 Å². The first-order valence-electron chi connectivity index (χ1n) is 12.4. The van der Waals surface area contributed by atoms with E-state index < -0.39 is 17.6 Å². The largest absolute Gasteiger partial charge is 0.416 e. The molecule has 36 heavy (non-hydrogen) atoms. The molecule has 2 aliphatic rings. The molecule has 5 N–H and O–H groups in total. The molecule has 0 aliphatic heterocycles. The van der Waals surface area contributed by atoms with E-state index in [4.69, 9.17) is 11.5 Å². The number of carbonyl (C=O) groups is 1. The van der Waals surface area contributed by atoms with E-state index in [1.165, 1.54) is 31.2 Å². The summed E-state index contributed by atoms with van der Waals surface area (Å²) in [5.74, 6) is 0.0206. The first-order valence-corrected chi connectivity index (χ1v) is 12.4. The molecule has 3 rings (SSSR count). The molecule has 0 spiro atoms. The fourth-order valence-corrected chi connectivity index (χ4v) is 4.68. The Morgan fingerprint density at radius 3 is 2.42 bits per heavy atom. The number of nitrogens with zero attached hydrogens (tertiary/aromatic N) is 3. The molecule has 2 saturated carbocycles. The van der Waals surface area contributed by atoms with Crippen molar-refractivity contribution in [2.24, 2.45) is 34.2 Å². The number of aliphatic imine (C=N–C) groups is 1. The SMILES string of the molecule is CC(C)CN(CC1CC1)[C@H]1CC[C@@H](N/C=C(/C(N)=O)C(N)=Nc2ccc(C(F)(F)F)cc2)C(C#N)C1. The predicted octanol–water partition coefficient (Wildman–Crippen LogP) is 4.08. The second-order valence-corrected chi connectivity index (χ2v) is 10.2. The van der Waals surface area contributed by atoms with Crippen LogP contribution in [0.25, 0.3) is 0 Å². The number of amides is 1. The fourth-order valence-electron chi connectivity index (χ4n) is 4.68. The molecule has 1 aromatic carbocycles. The zero-order valence-corrected chi connectivity index (χ0v) is 20.8. The number of rotatable bonds is 10. The van der Waals surface area contributed by atoms with Gasteiger partial charge in [0.15, 0.2) is 0 Å². The van der Waals surface area contributed by atoms with Crippen molar-refractivity contribution in [1.82, 2.24) is 10.2 Å². The third-order valence-corrected chi connectivity index (χ3v) is 6.72. The van der Waals surface area contributed by atoms with Gasteiger partial charge in [-0.25, -0.2) is 4.99 Å². The molecular formula is C26H35F3N6O. The van der Waals surface area contributed by atoms with Gasteiger partial charge in [0.2, 0.25) is 0 Å². The Morgan fingerprint density at radius 1 is 1.22 bits per heavy atom. The number of amidine groups is 1. The van der Waals surface area contributed by atoms with Crippen molar-refractivity contribution in [3.8, 4) is 6.07 Å². The standard InChI is InChI=1S/C26H35F3N6O/c1-16(2)14-35(15-17-3-4-17)21-9-10-23(18(11-21)12-30)33-13-22(25(32)36)24(31)34-20-7-5-19(6-8-20)26(27,28)29/h5-8,13,16-18,21,23,33H,3-4,9-11,14-15H2,1-2H3,(H2,31,34)(H2,32,36)/b22-13+/t18?,21-,23+/m0/s1. The van der Waals surface area contributed by atoms with Gasteiger partial charge in [-0.3, -0.25) is 9.69 Å². The summed E-state index contributed by atoms with van der Waals surface area (Å²) in [5.41, 5.74) is 10.7. The van der Waals surface area contributed by atoms with Gasteiger partial charge in [0.1, 0.15) is 5.84 Å². The smallest absolute Gasteiger partial charge is 0.386 e. The van der Waals surface area contributed by atoms with Crippen LogP contribution < -0.4 is 16.8 Å². The van der Waals surface area contributed by atoms with Crippen molar-refractivity contribution in [1.29, 1.82) is 5.26 Å². The fraction of sp³-hybridized carbons (Fsp3) is 0.577. The number of alkyl halides is 3. The Kier molecular flexibility index (Phi) is 9.01. The molecule has 0 saturated heterocycles. The van der Waals surface area contributed by atoms with E-state index in [2.05, 4.69) is 35.1 Å². The molecule has 196 valence electrons. The van der Waals surface area contributed by atoms with Crippen molar-refractivity contribution in [2.45, 2.75) is 64.2 Å². The monoisotopic (exact) mass is 504 g/mol. The van der Waals surface area contributed by atoms with Crippen LogP contribution in [0.2, 0.25) is 0 Å². The maximum Gasteiger partial charge on any atom is 0.416 e. The van der Waals surface area contributed by atoms with E-state index in [1.54, 1.807) is 0 Å².